The predicted octanol–water partition coefficient (Wildman–Crippen LogP) is 3.35. The fraction of sp³-hybridized carbons (Fsp3) is 0.400. The number of hydrogen-bond acceptors (Lipinski definition) is 5. The molecule has 0 unspecified atom stereocenters. The summed E-state index contributed by atoms with van der Waals surface area (Å²) in [4.78, 5) is 8.69. The molecule has 0 aliphatic rings. The van der Waals surface area contributed by atoms with Crippen LogP contribution < -0.4 is 24.8 Å². The summed E-state index contributed by atoms with van der Waals surface area (Å²) in [6.07, 6.45) is 1.67. The zero-order valence-corrected chi connectivity index (χ0v) is 16.7. The van der Waals surface area contributed by atoms with Gasteiger partial charge in [0.05, 0.1) is 20.3 Å². The number of methoxy groups -OCH3 is 1. The van der Waals surface area contributed by atoms with E-state index in [4.69, 9.17) is 9.47 Å². The van der Waals surface area contributed by atoms with Crippen molar-refractivity contribution in [3.8, 4) is 17.4 Å². The number of nitrogens with zero attached hydrogens (tertiary/aromatic N) is 2. The third kappa shape index (κ3) is 7.10. The summed E-state index contributed by atoms with van der Waals surface area (Å²) in [6, 6.07) is 8.37. The molecule has 0 aliphatic carbocycles. The van der Waals surface area contributed by atoms with Crippen molar-refractivity contribution in [2.24, 2.45) is 4.99 Å². The summed E-state index contributed by atoms with van der Waals surface area (Å²) in [5.74, 6) is 1.67. The quantitative estimate of drug-likeness (QED) is 0.464. The Morgan fingerprint density at radius 3 is 2.69 bits per heavy atom. The van der Waals surface area contributed by atoms with Crippen LogP contribution in [0.4, 0.5) is 8.78 Å². The van der Waals surface area contributed by atoms with Gasteiger partial charge in [0.25, 0.3) is 0 Å². The Kier molecular flexibility index (Phi) is 8.94. The minimum Gasteiger partial charge on any atom is -0.497 e. The van der Waals surface area contributed by atoms with E-state index in [1.54, 1.807) is 18.3 Å². The second kappa shape index (κ2) is 11.7. The number of halogens is 2. The summed E-state index contributed by atoms with van der Waals surface area (Å²) in [7, 11) is 1.51. The van der Waals surface area contributed by atoms with Crippen LogP contribution >= 0.6 is 0 Å². The van der Waals surface area contributed by atoms with Gasteiger partial charge >= 0.3 is 6.61 Å². The lowest BCUT2D eigenvalue weighted by Gasteiger charge is -2.14. The van der Waals surface area contributed by atoms with Crippen molar-refractivity contribution in [2.75, 3.05) is 20.3 Å². The number of benzene rings is 1. The Hall–Kier alpha value is -3.10. The van der Waals surface area contributed by atoms with Crippen molar-refractivity contribution in [2.45, 2.75) is 33.5 Å². The predicted molar refractivity (Wildman–Crippen MR) is 107 cm³/mol. The van der Waals surface area contributed by atoms with E-state index in [1.807, 2.05) is 26.0 Å². The first-order chi connectivity index (χ1) is 14.1. The van der Waals surface area contributed by atoms with Gasteiger partial charge in [-0.25, -0.2) is 9.98 Å². The summed E-state index contributed by atoms with van der Waals surface area (Å²) >= 11 is 0. The SMILES string of the molecule is CCNC(=NCc1cc(OC)ccc1OC(F)F)NCc1cccnc1OCC. The maximum absolute atomic E-state index is 12.7. The Bertz CT molecular complexity index is 803. The van der Waals surface area contributed by atoms with Crippen LogP contribution in [-0.4, -0.2) is 37.8 Å². The number of ether oxygens (including phenoxy) is 3. The molecule has 0 saturated heterocycles. The molecule has 9 heteroatoms. The van der Waals surface area contributed by atoms with Gasteiger partial charge < -0.3 is 24.8 Å². The second-order valence-electron chi connectivity index (χ2n) is 5.80. The molecule has 0 bridgehead atoms. The summed E-state index contributed by atoms with van der Waals surface area (Å²) in [5, 5.41) is 6.31. The zero-order valence-electron chi connectivity index (χ0n) is 16.7. The Morgan fingerprint density at radius 1 is 1.17 bits per heavy atom. The van der Waals surface area contributed by atoms with Crippen molar-refractivity contribution in [3.05, 3.63) is 47.7 Å². The van der Waals surface area contributed by atoms with E-state index in [2.05, 4.69) is 25.3 Å². The number of pyridine rings is 1. The largest absolute Gasteiger partial charge is 0.497 e. The van der Waals surface area contributed by atoms with Crippen LogP contribution in [0.25, 0.3) is 0 Å². The van der Waals surface area contributed by atoms with Crippen LogP contribution in [-0.2, 0) is 13.1 Å². The minimum atomic E-state index is -2.92. The Morgan fingerprint density at radius 2 is 2.00 bits per heavy atom. The van der Waals surface area contributed by atoms with Gasteiger partial charge in [0.2, 0.25) is 5.88 Å². The first kappa shape index (κ1) is 22.2. The molecule has 7 nitrogen and oxygen atoms in total. The second-order valence-corrected chi connectivity index (χ2v) is 5.80. The molecule has 0 aliphatic heterocycles. The highest BCUT2D eigenvalue weighted by Gasteiger charge is 2.11. The molecule has 158 valence electrons. The van der Waals surface area contributed by atoms with Crippen molar-refractivity contribution in [1.82, 2.24) is 15.6 Å². The van der Waals surface area contributed by atoms with Crippen molar-refractivity contribution in [1.29, 1.82) is 0 Å². The molecule has 0 spiro atoms. The fourth-order valence-corrected chi connectivity index (χ4v) is 2.53. The van der Waals surface area contributed by atoms with Crippen LogP contribution in [0.3, 0.4) is 0 Å². The van der Waals surface area contributed by atoms with E-state index in [-0.39, 0.29) is 12.3 Å². The monoisotopic (exact) mass is 408 g/mol. The lowest BCUT2D eigenvalue weighted by molar-refractivity contribution is -0.0504. The highest BCUT2D eigenvalue weighted by Crippen LogP contribution is 2.26. The van der Waals surface area contributed by atoms with Gasteiger partial charge in [0.15, 0.2) is 5.96 Å². The lowest BCUT2D eigenvalue weighted by atomic mass is 10.2. The van der Waals surface area contributed by atoms with Gasteiger partial charge in [-0.05, 0) is 38.1 Å². The van der Waals surface area contributed by atoms with Crippen LogP contribution in [0.15, 0.2) is 41.5 Å². The Balaban J connectivity index is 2.15. The lowest BCUT2D eigenvalue weighted by Crippen LogP contribution is -2.36. The average molecular weight is 408 g/mol. The first-order valence-electron chi connectivity index (χ1n) is 9.27. The van der Waals surface area contributed by atoms with Crippen LogP contribution in [0.2, 0.25) is 0 Å². The van der Waals surface area contributed by atoms with Crippen molar-refractivity contribution in [3.63, 3.8) is 0 Å². The molecular formula is C20H26F2N4O3. The topological polar surface area (TPSA) is 77.0 Å². The van der Waals surface area contributed by atoms with Crippen LogP contribution in [0.1, 0.15) is 25.0 Å². The third-order valence-corrected chi connectivity index (χ3v) is 3.81. The van der Waals surface area contributed by atoms with E-state index in [0.29, 0.717) is 42.8 Å². The van der Waals surface area contributed by atoms with Crippen LogP contribution in [0, 0.1) is 0 Å². The highest BCUT2D eigenvalue weighted by molar-refractivity contribution is 5.79. The molecular weight excluding hydrogens is 382 g/mol. The zero-order chi connectivity index (χ0) is 21.1. The van der Waals surface area contributed by atoms with Gasteiger partial charge in [0.1, 0.15) is 11.5 Å². The number of aliphatic imine (C=N–C) groups is 1. The summed E-state index contributed by atoms with van der Waals surface area (Å²) in [6.45, 7) is 2.62. The number of hydrogen-bond donors (Lipinski definition) is 2. The maximum Gasteiger partial charge on any atom is 0.387 e. The number of rotatable bonds is 10. The Labute approximate surface area is 169 Å². The minimum absolute atomic E-state index is 0.0614. The standard InChI is InChI=1S/C20H26F2N4O3/c1-4-23-20(25-12-14-7-6-10-24-18(14)28-5-2)26-13-15-11-16(27-3)8-9-17(15)29-19(21)22/h6-11,19H,4-5,12-13H2,1-3H3,(H2,23,25,26). The van der Waals surface area contributed by atoms with Crippen molar-refractivity contribution >= 4 is 5.96 Å². The molecule has 29 heavy (non-hydrogen) atoms. The molecule has 0 radical (unpaired) electrons. The molecule has 1 aromatic heterocycles. The normalized spacial score (nSPS) is 11.3. The highest BCUT2D eigenvalue weighted by atomic mass is 19.3. The molecule has 0 atom stereocenters. The van der Waals surface area contributed by atoms with Gasteiger partial charge in [0, 0.05) is 30.4 Å². The van der Waals surface area contributed by atoms with Crippen molar-refractivity contribution < 1.29 is 23.0 Å². The van der Waals surface area contributed by atoms with E-state index < -0.39 is 6.61 Å². The molecule has 0 fully saturated rings. The van der Waals surface area contributed by atoms with E-state index >= 15 is 0 Å². The van der Waals surface area contributed by atoms with Gasteiger partial charge in [-0.2, -0.15) is 8.78 Å². The fourth-order valence-electron chi connectivity index (χ4n) is 2.53. The van der Waals surface area contributed by atoms with E-state index in [0.717, 1.165) is 5.56 Å². The van der Waals surface area contributed by atoms with Gasteiger partial charge in [-0.15, -0.1) is 0 Å². The molecule has 0 amide bonds. The number of alkyl halides is 2. The third-order valence-electron chi connectivity index (χ3n) is 3.81. The first-order valence-corrected chi connectivity index (χ1v) is 9.27. The molecule has 1 heterocycles. The summed E-state index contributed by atoms with van der Waals surface area (Å²) < 4.78 is 40.6. The number of nitrogens with one attached hydrogen (secondary N) is 2. The van der Waals surface area contributed by atoms with Gasteiger partial charge in [-0.1, -0.05) is 6.07 Å². The summed E-state index contributed by atoms with van der Waals surface area (Å²) in [5.41, 5.74) is 1.36. The number of guanidine groups is 1. The maximum atomic E-state index is 12.7. The molecule has 2 N–H and O–H groups in total. The molecule has 2 aromatic rings. The number of aromatic nitrogens is 1. The van der Waals surface area contributed by atoms with E-state index in [1.165, 1.54) is 13.2 Å². The average Bonchev–Trinajstić information content (AvgIpc) is 2.71. The van der Waals surface area contributed by atoms with E-state index in [9.17, 15) is 8.78 Å². The molecule has 1 aromatic carbocycles. The smallest absolute Gasteiger partial charge is 0.387 e. The van der Waals surface area contributed by atoms with Crippen LogP contribution in [0.5, 0.6) is 17.4 Å². The molecule has 0 saturated carbocycles. The van der Waals surface area contributed by atoms with Gasteiger partial charge in [-0.3, -0.25) is 0 Å². The molecule has 2 rings (SSSR count).